The zero-order valence-electron chi connectivity index (χ0n) is 15.6. The summed E-state index contributed by atoms with van der Waals surface area (Å²) in [6, 6.07) is 6.94. The topological polar surface area (TPSA) is 64.1 Å². The number of hydrogen-bond donors (Lipinski definition) is 1. The fourth-order valence-electron chi connectivity index (χ4n) is 4.40. The van der Waals surface area contributed by atoms with E-state index >= 15 is 0 Å². The van der Waals surface area contributed by atoms with Crippen LogP contribution in [-0.4, -0.2) is 82.5 Å². The van der Waals surface area contributed by atoms with Crippen molar-refractivity contribution in [2.45, 2.75) is 31.3 Å². The molecule has 1 aliphatic carbocycles. The lowest BCUT2D eigenvalue weighted by atomic mass is 9.91. The van der Waals surface area contributed by atoms with Crippen molar-refractivity contribution in [2.75, 3.05) is 39.3 Å². The molecule has 0 aromatic heterocycles. The quantitative estimate of drug-likeness (QED) is 0.847. The van der Waals surface area contributed by atoms with Crippen LogP contribution >= 0.6 is 11.6 Å². The van der Waals surface area contributed by atoms with Gasteiger partial charge in [0, 0.05) is 55.3 Å². The third kappa shape index (κ3) is 3.58. The number of nitrogens with zero attached hydrogens (tertiary/aromatic N) is 3. The zero-order chi connectivity index (χ0) is 19.2. The van der Waals surface area contributed by atoms with Gasteiger partial charge in [-0.1, -0.05) is 11.6 Å². The molecule has 2 heterocycles. The molecule has 27 heavy (non-hydrogen) atoms. The molecule has 1 aromatic rings. The van der Waals surface area contributed by atoms with Gasteiger partial charge in [0.15, 0.2) is 0 Å². The van der Waals surface area contributed by atoms with Crippen molar-refractivity contribution in [3.8, 4) is 0 Å². The standard InChI is InChI=1S/C20H26ClN3O3/c1-20(13-25)12-23(19(27)15-4-6-16(21)7-5-15)11-17-10-22(8-9-24(17)20)18(26)14-2-3-14/h4-7,14,17,25H,2-3,8-13H2,1H3/t17-,20-/m0/s1. The predicted molar refractivity (Wildman–Crippen MR) is 103 cm³/mol. The molecule has 6 nitrogen and oxygen atoms in total. The maximum Gasteiger partial charge on any atom is 0.253 e. The lowest BCUT2D eigenvalue weighted by Crippen LogP contribution is -2.72. The van der Waals surface area contributed by atoms with Crippen LogP contribution in [0.4, 0.5) is 0 Å². The van der Waals surface area contributed by atoms with Crippen molar-refractivity contribution in [1.82, 2.24) is 14.7 Å². The number of carbonyl (C=O) groups excluding carboxylic acids is 2. The molecule has 0 spiro atoms. The lowest BCUT2D eigenvalue weighted by molar-refractivity contribution is -0.141. The van der Waals surface area contributed by atoms with E-state index in [0.29, 0.717) is 36.8 Å². The minimum Gasteiger partial charge on any atom is -0.394 e. The van der Waals surface area contributed by atoms with E-state index in [1.54, 1.807) is 24.3 Å². The Kier molecular flexibility index (Phi) is 4.91. The van der Waals surface area contributed by atoms with Gasteiger partial charge in [-0.2, -0.15) is 0 Å². The van der Waals surface area contributed by atoms with Gasteiger partial charge in [0.1, 0.15) is 0 Å². The summed E-state index contributed by atoms with van der Waals surface area (Å²) in [4.78, 5) is 31.6. The summed E-state index contributed by atoms with van der Waals surface area (Å²) >= 11 is 5.94. The smallest absolute Gasteiger partial charge is 0.253 e. The Morgan fingerprint density at radius 2 is 1.81 bits per heavy atom. The summed E-state index contributed by atoms with van der Waals surface area (Å²) in [5.74, 6) is 0.398. The number of rotatable bonds is 3. The van der Waals surface area contributed by atoms with Crippen LogP contribution in [0, 0.1) is 5.92 Å². The van der Waals surface area contributed by atoms with E-state index in [4.69, 9.17) is 11.6 Å². The molecule has 2 aliphatic heterocycles. The first-order valence-corrected chi connectivity index (χ1v) is 10.0. The Morgan fingerprint density at radius 3 is 2.44 bits per heavy atom. The second-order valence-corrected chi connectivity index (χ2v) is 8.69. The van der Waals surface area contributed by atoms with Gasteiger partial charge in [0.05, 0.1) is 12.1 Å². The summed E-state index contributed by atoms with van der Waals surface area (Å²) in [5.41, 5.74) is 0.0922. The molecular weight excluding hydrogens is 366 g/mol. The van der Waals surface area contributed by atoms with Gasteiger partial charge in [0.2, 0.25) is 5.91 Å². The molecule has 146 valence electrons. The molecule has 0 radical (unpaired) electrons. The maximum absolute atomic E-state index is 13.0. The number of hydrogen-bond acceptors (Lipinski definition) is 4. The lowest BCUT2D eigenvalue weighted by Gasteiger charge is -2.56. The average Bonchev–Trinajstić information content (AvgIpc) is 3.52. The minimum atomic E-state index is -0.500. The number of amides is 2. The van der Waals surface area contributed by atoms with Gasteiger partial charge in [-0.25, -0.2) is 0 Å². The molecule has 2 atom stereocenters. The number of carbonyl (C=O) groups is 2. The molecule has 4 rings (SSSR count). The van der Waals surface area contributed by atoms with E-state index in [-0.39, 0.29) is 30.4 Å². The number of benzene rings is 1. The van der Waals surface area contributed by atoms with Gasteiger partial charge in [-0.05, 0) is 44.0 Å². The molecule has 7 heteroatoms. The molecule has 2 amide bonds. The van der Waals surface area contributed by atoms with E-state index in [1.807, 2.05) is 16.7 Å². The Bertz CT molecular complexity index is 736. The molecule has 1 aromatic carbocycles. The van der Waals surface area contributed by atoms with Crippen molar-refractivity contribution in [1.29, 1.82) is 0 Å². The number of aliphatic hydroxyl groups excluding tert-OH is 1. The number of aliphatic hydroxyl groups is 1. The number of halogens is 1. The van der Waals surface area contributed by atoms with Crippen molar-refractivity contribution in [3.05, 3.63) is 34.9 Å². The highest BCUT2D eigenvalue weighted by atomic mass is 35.5. The van der Waals surface area contributed by atoms with E-state index in [1.165, 1.54) is 0 Å². The first-order valence-electron chi connectivity index (χ1n) is 9.62. The van der Waals surface area contributed by atoms with Gasteiger partial charge in [-0.15, -0.1) is 0 Å². The summed E-state index contributed by atoms with van der Waals surface area (Å²) in [6.45, 7) is 5.07. The largest absolute Gasteiger partial charge is 0.394 e. The second kappa shape index (κ2) is 7.08. The van der Waals surface area contributed by atoms with E-state index < -0.39 is 5.54 Å². The van der Waals surface area contributed by atoms with Crippen molar-refractivity contribution in [2.24, 2.45) is 5.92 Å². The van der Waals surface area contributed by atoms with Gasteiger partial charge >= 0.3 is 0 Å². The van der Waals surface area contributed by atoms with E-state index in [9.17, 15) is 14.7 Å². The SMILES string of the molecule is C[C@@]1(CO)CN(C(=O)c2ccc(Cl)cc2)C[C@@H]2CN(C(=O)C3CC3)CCN21. The van der Waals surface area contributed by atoms with Crippen LogP contribution in [0.15, 0.2) is 24.3 Å². The molecule has 3 aliphatic rings. The Hall–Kier alpha value is -1.63. The third-order valence-electron chi connectivity index (χ3n) is 6.10. The van der Waals surface area contributed by atoms with E-state index in [0.717, 1.165) is 19.4 Å². The molecule has 3 fully saturated rings. The molecular formula is C20H26ClN3O3. The van der Waals surface area contributed by atoms with Crippen LogP contribution in [-0.2, 0) is 4.79 Å². The van der Waals surface area contributed by atoms with E-state index in [2.05, 4.69) is 4.90 Å². The predicted octanol–water partition coefficient (Wildman–Crippen LogP) is 1.47. The van der Waals surface area contributed by atoms with Gasteiger partial charge < -0.3 is 14.9 Å². The summed E-state index contributed by atoms with van der Waals surface area (Å²) in [5, 5.41) is 10.7. The summed E-state index contributed by atoms with van der Waals surface area (Å²) in [7, 11) is 0. The maximum atomic E-state index is 13.0. The van der Waals surface area contributed by atoms with Gasteiger partial charge in [-0.3, -0.25) is 14.5 Å². The zero-order valence-corrected chi connectivity index (χ0v) is 16.4. The molecule has 1 saturated carbocycles. The Morgan fingerprint density at radius 1 is 1.15 bits per heavy atom. The fourth-order valence-corrected chi connectivity index (χ4v) is 4.53. The van der Waals surface area contributed by atoms with Crippen molar-refractivity contribution in [3.63, 3.8) is 0 Å². The van der Waals surface area contributed by atoms with Crippen molar-refractivity contribution < 1.29 is 14.7 Å². The highest BCUT2D eigenvalue weighted by Crippen LogP contribution is 2.34. The number of piperazine rings is 2. The Balaban J connectivity index is 1.53. The monoisotopic (exact) mass is 391 g/mol. The summed E-state index contributed by atoms with van der Waals surface area (Å²) < 4.78 is 0. The normalized spacial score (nSPS) is 28.8. The highest BCUT2D eigenvalue weighted by Gasteiger charge is 2.47. The second-order valence-electron chi connectivity index (χ2n) is 8.25. The van der Waals surface area contributed by atoms with Crippen LogP contribution < -0.4 is 0 Å². The molecule has 0 bridgehead atoms. The molecule has 2 saturated heterocycles. The minimum absolute atomic E-state index is 0.0233. The van der Waals surface area contributed by atoms with Crippen molar-refractivity contribution >= 4 is 23.4 Å². The Labute approximate surface area is 164 Å². The van der Waals surface area contributed by atoms with Gasteiger partial charge in [0.25, 0.3) is 5.91 Å². The molecule has 0 unspecified atom stereocenters. The first kappa shape index (κ1) is 18.7. The van der Waals surface area contributed by atoms with Crippen LogP contribution in [0.25, 0.3) is 0 Å². The number of fused-ring (bicyclic) bond motifs is 1. The van der Waals surface area contributed by atoms with Crippen LogP contribution in [0.2, 0.25) is 5.02 Å². The first-order chi connectivity index (χ1) is 12.9. The summed E-state index contributed by atoms with van der Waals surface area (Å²) in [6.07, 6.45) is 2.00. The average molecular weight is 392 g/mol. The highest BCUT2D eigenvalue weighted by molar-refractivity contribution is 6.30. The van der Waals surface area contributed by atoms with Crippen LogP contribution in [0.1, 0.15) is 30.1 Å². The third-order valence-corrected chi connectivity index (χ3v) is 6.35. The van der Waals surface area contributed by atoms with Crippen LogP contribution in [0.5, 0.6) is 0 Å². The molecule has 1 N–H and O–H groups in total. The fraction of sp³-hybridized carbons (Fsp3) is 0.600. The van der Waals surface area contributed by atoms with Crippen LogP contribution in [0.3, 0.4) is 0 Å².